The Morgan fingerprint density at radius 1 is 0.900 bits per heavy atom. The van der Waals surface area contributed by atoms with Gasteiger partial charge in [-0.25, -0.2) is 0 Å². The standard InChI is InChI=1S/C26H30N2O2/c1-3-4-5-8-17-28-25(29)23(21-15-13-19(2)14-16-21)24(26(28)30)27-18-9-11-20-10-6-7-12-22(20)27/h6-7,10,12-16H,3-5,8-9,11,17-18H2,1-2H3. The molecule has 2 aromatic rings. The van der Waals surface area contributed by atoms with Gasteiger partial charge in [-0.2, -0.15) is 0 Å². The molecule has 4 rings (SSSR count). The molecule has 0 atom stereocenters. The average molecular weight is 403 g/mol. The second kappa shape index (κ2) is 8.86. The van der Waals surface area contributed by atoms with E-state index in [0.717, 1.165) is 61.9 Å². The molecule has 0 fully saturated rings. The minimum absolute atomic E-state index is 0.149. The predicted molar refractivity (Wildman–Crippen MR) is 121 cm³/mol. The van der Waals surface area contributed by atoms with Gasteiger partial charge in [0, 0.05) is 18.8 Å². The lowest BCUT2D eigenvalue weighted by atomic mass is 9.98. The van der Waals surface area contributed by atoms with E-state index in [9.17, 15) is 9.59 Å². The summed E-state index contributed by atoms with van der Waals surface area (Å²) in [5, 5.41) is 0. The highest BCUT2D eigenvalue weighted by Gasteiger charge is 2.42. The maximum absolute atomic E-state index is 13.5. The van der Waals surface area contributed by atoms with Crippen LogP contribution in [0, 0.1) is 6.92 Å². The average Bonchev–Trinajstić information content (AvgIpc) is 3.01. The summed E-state index contributed by atoms with van der Waals surface area (Å²) in [5.41, 5.74) is 5.35. The number of hydrogen-bond acceptors (Lipinski definition) is 3. The van der Waals surface area contributed by atoms with Crippen LogP contribution in [0.1, 0.15) is 55.7 Å². The van der Waals surface area contributed by atoms with E-state index in [-0.39, 0.29) is 11.8 Å². The number of rotatable bonds is 7. The van der Waals surface area contributed by atoms with Gasteiger partial charge in [-0.05, 0) is 43.4 Å². The normalized spacial score (nSPS) is 16.5. The Labute approximate surface area is 179 Å². The molecule has 0 aromatic heterocycles. The summed E-state index contributed by atoms with van der Waals surface area (Å²) < 4.78 is 0. The van der Waals surface area contributed by atoms with Crippen LogP contribution in [0.5, 0.6) is 0 Å². The zero-order chi connectivity index (χ0) is 21.1. The fourth-order valence-corrected chi connectivity index (χ4v) is 4.46. The van der Waals surface area contributed by atoms with Crippen molar-refractivity contribution in [2.24, 2.45) is 0 Å². The monoisotopic (exact) mass is 402 g/mol. The summed E-state index contributed by atoms with van der Waals surface area (Å²) in [6.45, 7) is 5.44. The Bertz CT molecular complexity index is 975. The lowest BCUT2D eigenvalue weighted by Crippen LogP contribution is -2.37. The van der Waals surface area contributed by atoms with Gasteiger partial charge in [0.05, 0.1) is 5.57 Å². The second-order valence-corrected chi connectivity index (χ2v) is 8.30. The van der Waals surface area contributed by atoms with Crippen LogP contribution in [-0.4, -0.2) is 29.8 Å². The number of fused-ring (bicyclic) bond motifs is 1. The molecule has 2 aliphatic heterocycles. The number of imide groups is 1. The topological polar surface area (TPSA) is 40.6 Å². The number of amides is 2. The van der Waals surface area contributed by atoms with E-state index < -0.39 is 0 Å². The second-order valence-electron chi connectivity index (χ2n) is 8.30. The number of anilines is 1. The summed E-state index contributed by atoms with van der Waals surface area (Å²) in [5.74, 6) is -0.304. The molecule has 2 heterocycles. The van der Waals surface area contributed by atoms with Gasteiger partial charge in [0.15, 0.2) is 0 Å². The number of para-hydroxylation sites is 1. The van der Waals surface area contributed by atoms with Crippen LogP contribution in [0.2, 0.25) is 0 Å². The maximum Gasteiger partial charge on any atom is 0.278 e. The Morgan fingerprint density at radius 2 is 1.67 bits per heavy atom. The van der Waals surface area contributed by atoms with Crippen LogP contribution in [0.4, 0.5) is 5.69 Å². The molecule has 0 bridgehead atoms. The molecule has 0 saturated carbocycles. The fourth-order valence-electron chi connectivity index (χ4n) is 4.46. The molecule has 0 saturated heterocycles. The molecule has 2 aliphatic rings. The largest absolute Gasteiger partial charge is 0.336 e. The number of unbranched alkanes of at least 4 members (excludes halogenated alkanes) is 3. The third-order valence-corrected chi connectivity index (χ3v) is 6.10. The molecule has 0 radical (unpaired) electrons. The number of carbonyl (C=O) groups excluding carboxylic acids is 2. The van der Waals surface area contributed by atoms with Crippen molar-refractivity contribution in [3.8, 4) is 0 Å². The van der Waals surface area contributed by atoms with E-state index in [4.69, 9.17) is 0 Å². The molecule has 0 aliphatic carbocycles. The van der Waals surface area contributed by atoms with Crippen molar-refractivity contribution < 1.29 is 9.59 Å². The van der Waals surface area contributed by atoms with Crippen LogP contribution >= 0.6 is 0 Å². The Morgan fingerprint density at radius 3 is 2.43 bits per heavy atom. The predicted octanol–water partition coefficient (Wildman–Crippen LogP) is 5.11. The van der Waals surface area contributed by atoms with Crippen LogP contribution in [-0.2, 0) is 16.0 Å². The van der Waals surface area contributed by atoms with Crippen molar-refractivity contribution in [1.29, 1.82) is 0 Å². The van der Waals surface area contributed by atoms with Gasteiger partial charge in [-0.1, -0.05) is 74.2 Å². The minimum atomic E-state index is -0.154. The summed E-state index contributed by atoms with van der Waals surface area (Å²) in [6.07, 6.45) is 6.12. The number of carbonyl (C=O) groups is 2. The highest BCUT2D eigenvalue weighted by molar-refractivity contribution is 6.36. The fraction of sp³-hybridized carbons (Fsp3) is 0.385. The smallest absolute Gasteiger partial charge is 0.278 e. The number of aryl methyl sites for hydroxylation is 2. The highest BCUT2D eigenvalue weighted by atomic mass is 16.2. The summed E-state index contributed by atoms with van der Waals surface area (Å²) in [7, 11) is 0. The van der Waals surface area contributed by atoms with Crippen LogP contribution in [0.25, 0.3) is 5.57 Å². The molecular formula is C26H30N2O2. The Kier molecular flexibility index (Phi) is 6.03. The van der Waals surface area contributed by atoms with Crippen molar-refractivity contribution >= 4 is 23.1 Å². The first-order valence-electron chi connectivity index (χ1n) is 11.1. The Balaban J connectivity index is 1.76. The quantitative estimate of drug-likeness (QED) is 0.477. The highest BCUT2D eigenvalue weighted by Crippen LogP contribution is 2.38. The van der Waals surface area contributed by atoms with Crippen molar-refractivity contribution in [3.63, 3.8) is 0 Å². The number of hydrogen-bond donors (Lipinski definition) is 0. The van der Waals surface area contributed by atoms with Crippen LogP contribution in [0.3, 0.4) is 0 Å². The third kappa shape index (κ3) is 3.79. The Hall–Kier alpha value is -2.88. The van der Waals surface area contributed by atoms with Gasteiger partial charge in [-0.3, -0.25) is 14.5 Å². The molecule has 2 amide bonds. The van der Waals surface area contributed by atoms with E-state index in [2.05, 4.69) is 24.0 Å². The molecule has 0 N–H and O–H groups in total. The van der Waals surface area contributed by atoms with Gasteiger partial charge < -0.3 is 4.90 Å². The summed E-state index contributed by atoms with van der Waals surface area (Å²) in [4.78, 5) is 30.5. The molecule has 2 aromatic carbocycles. The van der Waals surface area contributed by atoms with E-state index in [1.54, 1.807) is 0 Å². The third-order valence-electron chi connectivity index (χ3n) is 6.10. The van der Waals surface area contributed by atoms with Crippen molar-refractivity contribution in [2.45, 2.75) is 52.4 Å². The first kappa shape index (κ1) is 20.4. The number of nitrogens with zero attached hydrogens (tertiary/aromatic N) is 2. The van der Waals surface area contributed by atoms with Crippen molar-refractivity contribution in [3.05, 3.63) is 70.9 Å². The van der Waals surface area contributed by atoms with Gasteiger partial charge in [0.1, 0.15) is 5.70 Å². The van der Waals surface area contributed by atoms with Crippen molar-refractivity contribution in [1.82, 2.24) is 4.90 Å². The van der Waals surface area contributed by atoms with E-state index in [0.29, 0.717) is 17.8 Å². The number of benzene rings is 2. The molecule has 0 unspecified atom stereocenters. The minimum Gasteiger partial charge on any atom is -0.336 e. The molecule has 4 nitrogen and oxygen atoms in total. The first-order chi connectivity index (χ1) is 14.6. The SMILES string of the molecule is CCCCCCN1C(=O)C(c2ccc(C)cc2)=C(N2CCCc3ccccc32)C1=O. The zero-order valence-corrected chi connectivity index (χ0v) is 18.0. The summed E-state index contributed by atoms with van der Waals surface area (Å²) in [6, 6.07) is 16.2. The molecule has 156 valence electrons. The van der Waals surface area contributed by atoms with Crippen molar-refractivity contribution in [2.75, 3.05) is 18.0 Å². The maximum atomic E-state index is 13.5. The summed E-state index contributed by atoms with van der Waals surface area (Å²) >= 11 is 0. The molecular weight excluding hydrogens is 372 g/mol. The van der Waals surface area contributed by atoms with E-state index in [1.165, 1.54) is 10.5 Å². The van der Waals surface area contributed by atoms with E-state index >= 15 is 0 Å². The van der Waals surface area contributed by atoms with Crippen LogP contribution < -0.4 is 4.90 Å². The van der Waals surface area contributed by atoms with Gasteiger partial charge in [0.25, 0.3) is 11.8 Å². The van der Waals surface area contributed by atoms with Gasteiger partial charge in [-0.15, -0.1) is 0 Å². The first-order valence-corrected chi connectivity index (χ1v) is 11.1. The molecule has 30 heavy (non-hydrogen) atoms. The van der Waals surface area contributed by atoms with E-state index in [1.807, 2.05) is 43.3 Å². The van der Waals surface area contributed by atoms with Gasteiger partial charge >= 0.3 is 0 Å². The molecule has 0 spiro atoms. The molecule has 4 heteroatoms. The van der Waals surface area contributed by atoms with Gasteiger partial charge in [0.2, 0.25) is 0 Å². The lowest BCUT2D eigenvalue weighted by Gasteiger charge is -2.32. The van der Waals surface area contributed by atoms with Crippen LogP contribution in [0.15, 0.2) is 54.2 Å². The lowest BCUT2D eigenvalue weighted by molar-refractivity contribution is -0.137. The zero-order valence-electron chi connectivity index (χ0n) is 18.0.